The van der Waals surface area contributed by atoms with Gasteiger partial charge < -0.3 is 4.90 Å². The first kappa shape index (κ1) is 14.1. The molecule has 0 aliphatic carbocycles. The Morgan fingerprint density at radius 3 is 2.95 bits per heavy atom. The van der Waals surface area contributed by atoms with E-state index in [9.17, 15) is 0 Å². The maximum Gasteiger partial charge on any atom is 0.128 e. The van der Waals surface area contributed by atoms with Crippen molar-refractivity contribution in [2.45, 2.75) is 25.4 Å². The van der Waals surface area contributed by atoms with Gasteiger partial charge in [-0.15, -0.1) is 0 Å². The van der Waals surface area contributed by atoms with Gasteiger partial charge in [0.05, 0.1) is 6.20 Å². The van der Waals surface area contributed by atoms with Crippen LogP contribution in [0.3, 0.4) is 0 Å². The van der Waals surface area contributed by atoms with Gasteiger partial charge in [-0.3, -0.25) is 9.58 Å². The molecule has 1 aliphatic heterocycles. The van der Waals surface area contributed by atoms with Crippen LogP contribution in [0.25, 0.3) is 0 Å². The minimum absolute atomic E-state index is 0.493. The smallest absolute Gasteiger partial charge is 0.128 e. The number of aromatic nitrogens is 3. The summed E-state index contributed by atoms with van der Waals surface area (Å²) in [5.74, 6) is 1.03. The van der Waals surface area contributed by atoms with Gasteiger partial charge in [0.15, 0.2) is 0 Å². The molecule has 3 rings (SSSR count). The molecule has 1 fully saturated rings. The van der Waals surface area contributed by atoms with Crippen LogP contribution in [0.5, 0.6) is 0 Å². The molecule has 0 aromatic carbocycles. The molecule has 1 unspecified atom stereocenters. The van der Waals surface area contributed by atoms with Gasteiger partial charge in [-0.05, 0) is 37.1 Å². The highest BCUT2D eigenvalue weighted by atomic mass is 15.2. The number of pyridine rings is 1. The Hall–Kier alpha value is -1.88. The molecule has 1 saturated heterocycles. The molecule has 0 amide bonds. The van der Waals surface area contributed by atoms with Crippen LogP contribution in [0.4, 0.5) is 5.82 Å². The van der Waals surface area contributed by atoms with Crippen molar-refractivity contribution in [2.24, 2.45) is 7.05 Å². The van der Waals surface area contributed by atoms with E-state index in [-0.39, 0.29) is 0 Å². The van der Waals surface area contributed by atoms with Crippen molar-refractivity contribution in [1.82, 2.24) is 19.7 Å². The standard InChI is InChI=1S/C16H23N5/c1-19(2)16-9-14(6-7-17-16)15-5-4-8-21(15)12-13-10-18-20(3)11-13/h6-7,9-11,15H,4-5,8,12H2,1-3H3. The zero-order valence-corrected chi connectivity index (χ0v) is 13.0. The van der Waals surface area contributed by atoms with Crippen LogP contribution in [-0.4, -0.2) is 40.3 Å². The van der Waals surface area contributed by atoms with Crippen molar-refractivity contribution >= 4 is 5.82 Å². The first-order chi connectivity index (χ1) is 10.1. The third-order valence-electron chi connectivity index (χ3n) is 4.12. The highest BCUT2D eigenvalue weighted by Crippen LogP contribution is 2.33. The summed E-state index contributed by atoms with van der Waals surface area (Å²) in [6, 6.07) is 4.86. The average Bonchev–Trinajstić information content (AvgIpc) is 3.09. The molecule has 3 heterocycles. The SMILES string of the molecule is CN(C)c1cc(C2CCCN2Cc2cnn(C)c2)ccn1. The molecule has 5 heteroatoms. The van der Waals surface area contributed by atoms with E-state index < -0.39 is 0 Å². The topological polar surface area (TPSA) is 37.2 Å². The monoisotopic (exact) mass is 285 g/mol. The van der Waals surface area contributed by atoms with Gasteiger partial charge in [0, 0.05) is 51.7 Å². The van der Waals surface area contributed by atoms with E-state index in [1.54, 1.807) is 0 Å². The maximum atomic E-state index is 4.42. The highest BCUT2D eigenvalue weighted by molar-refractivity contribution is 5.40. The predicted octanol–water partition coefficient (Wildman–Crippen LogP) is 2.22. The van der Waals surface area contributed by atoms with Crippen molar-refractivity contribution in [1.29, 1.82) is 0 Å². The molecular weight excluding hydrogens is 262 g/mol. The van der Waals surface area contributed by atoms with Crippen LogP contribution >= 0.6 is 0 Å². The number of likely N-dealkylation sites (tertiary alicyclic amines) is 1. The molecule has 1 atom stereocenters. The fraction of sp³-hybridized carbons (Fsp3) is 0.500. The molecular formula is C16H23N5. The number of hydrogen-bond acceptors (Lipinski definition) is 4. The van der Waals surface area contributed by atoms with Crippen LogP contribution < -0.4 is 4.90 Å². The van der Waals surface area contributed by atoms with E-state index >= 15 is 0 Å². The lowest BCUT2D eigenvalue weighted by molar-refractivity contribution is 0.248. The second kappa shape index (κ2) is 5.85. The normalized spacial score (nSPS) is 19.1. The van der Waals surface area contributed by atoms with Crippen molar-refractivity contribution in [3.63, 3.8) is 0 Å². The summed E-state index contributed by atoms with van der Waals surface area (Å²) in [5.41, 5.74) is 2.65. The third kappa shape index (κ3) is 3.08. The van der Waals surface area contributed by atoms with E-state index in [2.05, 4.69) is 38.2 Å². The van der Waals surface area contributed by atoms with Gasteiger partial charge in [0.1, 0.15) is 5.82 Å². The molecule has 0 saturated carbocycles. The Bertz CT molecular complexity index is 604. The molecule has 0 bridgehead atoms. The second-order valence-corrected chi connectivity index (χ2v) is 5.99. The Morgan fingerprint density at radius 2 is 2.24 bits per heavy atom. The Kier molecular flexibility index (Phi) is 3.92. The summed E-state index contributed by atoms with van der Waals surface area (Å²) in [6.07, 6.45) is 8.47. The summed E-state index contributed by atoms with van der Waals surface area (Å²) < 4.78 is 1.87. The molecule has 2 aromatic rings. The summed E-state index contributed by atoms with van der Waals surface area (Å²) in [6.45, 7) is 2.12. The summed E-state index contributed by atoms with van der Waals surface area (Å²) in [7, 11) is 6.04. The average molecular weight is 285 g/mol. The van der Waals surface area contributed by atoms with Gasteiger partial charge in [-0.2, -0.15) is 5.10 Å². The Morgan fingerprint density at radius 1 is 1.38 bits per heavy atom. The maximum absolute atomic E-state index is 4.42. The van der Waals surface area contributed by atoms with Crippen molar-refractivity contribution in [3.05, 3.63) is 41.9 Å². The Labute approximate surface area is 126 Å². The zero-order valence-electron chi connectivity index (χ0n) is 13.0. The van der Waals surface area contributed by atoms with E-state index in [1.165, 1.54) is 24.0 Å². The van der Waals surface area contributed by atoms with Crippen LogP contribution in [0.1, 0.15) is 30.0 Å². The van der Waals surface area contributed by atoms with Crippen LogP contribution in [0.15, 0.2) is 30.7 Å². The summed E-state index contributed by atoms with van der Waals surface area (Å²) >= 11 is 0. The predicted molar refractivity (Wildman–Crippen MR) is 84.2 cm³/mol. The van der Waals surface area contributed by atoms with E-state index in [4.69, 9.17) is 0 Å². The number of rotatable bonds is 4. The third-order valence-corrected chi connectivity index (χ3v) is 4.12. The fourth-order valence-corrected chi connectivity index (χ4v) is 3.07. The lowest BCUT2D eigenvalue weighted by atomic mass is 10.1. The number of hydrogen-bond donors (Lipinski definition) is 0. The molecule has 112 valence electrons. The van der Waals surface area contributed by atoms with Gasteiger partial charge in [0.2, 0.25) is 0 Å². The molecule has 0 radical (unpaired) electrons. The van der Waals surface area contributed by atoms with Gasteiger partial charge in [-0.25, -0.2) is 4.98 Å². The van der Waals surface area contributed by atoms with E-state index in [0.29, 0.717) is 6.04 Å². The van der Waals surface area contributed by atoms with Gasteiger partial charge in [0.25, 0.3) is 0 Å². The zero-order chi connectivity index (χ0) is 14.8. The molecule has 1 aliphatic rings. The minimum Gasteiger partial charge on any atom is -0.363 e. The summed E-state index contributed by atoms with van der Waals surface area (Å²) in [5, 5.41) is 4.27. The van der Waals surface area contributed by atoms with Crippen molar-refractivity contribution in [3.8, 4) is 0 Å². The number of aryl methyl sites for hydroxylation is 1. The quantitative estimate of drug-likeness (QED) is 0.863. The number of nitrogens with zero attached hydrogens (tertiary/aromatic N) is 5. The molecule has 2 aromatic heterocycles. The fourth-order valence-electron chi connectivity index (χ4n) is 3.07. The molecule has 0 N–H and O–H groups in total. The lowest BCUT2D eigenvalue weighted by Crippen LogP contribution is -2.23. The first-order valence-corrected chi connectivity index (χ1v) is 7.48. The highest BCUT2D eigenvalue weighted by Gasteiger charge is 2.26. The van der Waals surface area contributed by atoms with Gasteiger partial charge in [-0.1, -0.05) is 0 Å². The van der Waals surface area contributed by atoms with Crippen molar-refractivity contribution in [2.75, 3.05) is 25.5 Å². The number of anilines is 1. The second-order valence-electron chi connectivity index (χ2n) is 5.99. The van der Waals surface area contributed by atoms with Gasteiger partial charge >= 0.3 is 0 Å². The van der Waals surface area contributed by atoms with E-state index in [0.717, 1.165) is 18.9 Å². The van der Waals surface area contributed by atoms with E-state index in [1.807, 2.05) is 38.2 Å². The van der Waals surface area contributed by atoms with Crippen LogP contribution in [-0.2, 0) is 13.6 Å². The molecule has 5 nitrogen and oxygen atoms in total. The minimum atomic E-state index is 0.493. The first-order valence-electron chi connectivity index (χ1n) is 7.48. The largest absolute Gasteiger partial charge is 0.363 e. The molecule has 0 spiro atoms. The van der Waals surface area contributed by atoms with Crippen molar-refractivity contribution < 1.29 is 0 Å². The van der Waals surface area contributed by atoms with Crippen LogP contribution in [0.2, 0.25) is 0 Å². The Balaban J connectivity index is 1.78. The lowest BCUT2D eigenvalue weighted by Gasteiger charge is -2.25. The molecule has 21 heavy (non-hydrogen) atoms. The van der Waals surface area contributed by atoms with Crippen LogP contribution in [0, 0.1) is 0 Å². The summed E-state index contributed by atoms with van der Waals surface area (Å²) in [4.78, 5) is 9.02.